The Morgan fingerprint density at radius 2 is 2.10 bits per heavy atom. The molecule has 2 fully saturated rings. The van der Waals surface area contributed by atoms with E-state index in [4.69, 9.17) is 14.5 Å². The number of pyridine rings is 1. The van der Waals surface area contributed by atoms with E-state index in [1.54, 1.807) is 0 Å². The predicted molar refractivity (Wildman–Crippen MR) is 109 cm³/mol. The highest BCUT2D eigenvalue weighted by molar-refractivity contribution is 5.74. The van der Waals surface area contributed by atoms with E-state index in [1.807, 2.05) is 24.8 Å². The molecule has 152 valence electrons. The summed E-state index contributed by atoms with van der Waals surface area (Å²) in [5.41, 5.74) is 3.76. The molecule has 29 heavy (non-hydrogen) atoms. The molecule has 0 aliphatic carbocycles. The number of hydrogen-bond acceptors (Lipinski definition) is 7. The zero-order valence-electron chi connectivity index (χ0n) is 16.9. The Kier molecular flexibility index (Phi) is 4.67. The first-order chi connectivity index (χ1) is 14.1. The smallest absolute Gasteiger partial charge is 0.225 e. The van der Waals surface area contributed by atoms with Gasteiger partial charge in [-0.05, 0) is 26.0 Å². The number of imidazole rings is 1. The van der Waals surface area contributed by atoms with Crippen LogP contribution in [-0.2, 0) is 15.9 Å². The molecule has 5 rings (SSSR count). The molecule has 3 aromatic rings. The molecule has 0 bridgehead atoms. The lowest BCUT2D eigenvalue weighted by molar-refractivity contribution is -0.0583. The molecule has 3 aromatic heterocycles. The van der Waals surface area contributed by atoms with Gasteiger partial charge >= 0.3 is 0 Å². The Hall–Kier alpha value is -2.58. The van der Waals surface area contributed by atoms with Gasteiger partial charge in [0.15, 0.2) is 0 Å². The largest absolute Gasteiger partial charge is 0.378 e. The topological polar surface area (TPSA) is 78.2 Å². The molecule has 8 nitrogen and oxygen atoms in total. The first kappa shape index (κ1) is 18.4. The zero-order valence-corrected chi connectivity index (χ0v) is 16.9. The van der Waals surface area contributed by atoms with Gasteiger partial charge in [-0.25, -0.2) is 15.0 Å². The third kappa shape index (κ3) is 3.58. The molecule has 0 aromatic carbocycles. The molecule has 2 aliphatic rings. The number of ether oxygens (including phenoxy) is 2. The van der Waals surface area contributed by atoms with Crippen LogP contribution in [0.2, 0.25) is 0 Å². The highest BCUT2D eigenvalue weighted by atomic mass is 16.6. The molecule has 8 heteroatoms. The first-order valence-electron chi connectivity index (χ1n) is 10.2. The highest BCUT2D eigenvalue weighted by Gasteiger charge is 2.41. The minimum Gasteiger partial charge on any atom is -0.378 e. The van der Waals surface area contributed by atoms with E-state index in [2.05, 4.69) is 44.3 Å². The van der Waals surface area contributed by atoms with Crippen LogP contribution in [0.25, 0.3) is 11.0 Å². The number of fused-ring (bicyclic) bond motifs is 1. The van der Waals surface area contributed by atoms with Crippen molar-refractivity contribution in [3.05, 3.63) is 42.2 Å². The average Bonchev–Trinajstić information content (AvgIpc) is 3.35. The molecule has 0 amide bonds. The second-order valence-electron chi connectivity index (χ2n) is 8.19. The number of nitrogens with zero attached hydrogens (tertiary/aromatic N) is 6. The zero-order chi connectivity index (χ0) is 19.8. The van der Waals surface area contributed by atoms with Crippen LogP contribution < -0.4 is 4.90 Å². The third-order valence-corrected chi connectivity index (χ3v) is 5.74. The summed E-state index contributed by atoms with van der Waals surface area (Å²) >= 11 is 0. The van der Waals surface area contributed by atoms with E-state index in [-0.39, 0.29) is 5.60 Å². The van der Waals surface area contributed by atoms with E-state index in [9.17, 15) is 0 Å². The van der Waals surface area contributed by atoms with Crippen LogP contribution in [0.15, 0.2) is 30.9 Å². The normalized spacial score (nSPS) is 22.2. The van der Waals surface area contributed by atoms with E-state index < -0.39 is 0 Å². The lowest BCUT2D eigenvalue weighted by Gasteiger charge is -2.39. The van der Waals surface area contributed by atoms with Crippen LogP contribution in [0.1, 0.15) is 37.7 Å². The van der Waals surface area contributed by atoms with E-state index in [1.165, 1.54) is 0 Å². The van der Waals surface area contributed by atoms with Crippen molar-refractivity contribution in [1.29, 1.82) is 0 Å². The minimum absolute atomic E-state index is 0.209. The van der Waals surface area contributed by atoms with Gasteiger partial charge in [0.05, 0.1) is 43.5 Å². The maximum Gasteiger partial charge on any atom is 0.225 e. The lowest BCUT2D eigenvalue weighted by atomic mass is 10.0. The van der Waals surface area contributed by atoms with E-state index >= 15 is 0 Å². The van der Waals surface area contributed by atoms with Crippen LogP contribution in [0.5, 0.6) is 0 Å². The van der Waals surface area contributed by atoms with Crippen LogP contribution in [-0.4, -0.2) is 63.0 Å². The van der Waals surface area contributed by atoms with Gasteiger partial charge in [0, 0.05) is 43.9 Å². The Balaban J connectivity index is 1.37. The van der Waals surface area contributed by atoms with E-state index in [0.717, 1.165) is 54.5 Å². The molecular weight excluding hydrogens is 368 g/mol. The summed E-state index contributed by atoms with van der Waals surface area (Å²) in [5, 5.41) is 0. The fourth-order valence-corrected chi connectivity index (χ4v) is 4.14. The number of morpholine rings is 1. The second kappa shape index (κ2) is 7.35. The molecule has 0 radical (unpaired) electrons. The number of anilines is 1. The van der Waals surface area contributed by atoms with Crippen LogP contribution in [0.4, 0.5) is 5.95 Å². The summed E-state index contributed by atoms with van der Waals surface area (Å²) in [6, 6.07) is 4.43. The van der Waals surface area contributed by atoms with Crippen molar-refractivity contribution in [2.45, 2.75) is 38.3 Å². The van der Waals surface area contributed by atoms with Crippen molar-refractivity contribution in [3.8, 4) is 0 Å². The fourth-order valence-electron chi connectivity index (χ4n) is 4.14. The maximum atomic E-state index is 6.03. The van der Waals surface area contributed by atoms with Crippen LogP contribution in [0.3, 0.4) is 0 Å². The minimum atomic E-state index is -0.209. The van der Waals surface area contributed by atoms with Crippen LogP contribution in [0, 0.1) is 0 Å². The van der Waals surface area contributed by atoms with Gasteiger partial charge in [0.1, 0.15) is 11.1 Å². The Morgan fingerprint density at radius 3 is 2.93 bits per heavy atom. The molecule has 5 heterocycles. The van der Waals surface area contributed by atoms with Crippen molar-refractivity contribution in [1.82, 2.24) is 24.5 Å². The molecule has 2 aliphatic heterocycles. The summed E-state index contributed by atoms with van der Waals surface area (Å²) in [4.78, 5) is 20.6. The monoisotopic (exact) mass is 394 g/mol. The Morgan fingerprint density at radius 1 is 1.17 bits per heavy atom. The Labute approximate surface area is 169 Å². The van der Waals surface area contributed by atoms with Crippen molar-refractivity contribution in [3.63, 3.8) is 0 Å². The van der Waals surface area contributed by atoms with Crippen molar-refractivity contribution in [2.24, 2.45) is 0 Å². The summed E-state index contributed by atoms with van der Waals surface area (Å²) in [6.07, 6.45) is 7.15. The van der Waals surface area contributed by atoms with Gasteiger partial charge in [0.25, 0.3) is 0 Å². The molecular formula is C21H26N6O2. The standard InChI is InChI=1S/C21H26N6O2/c1-15(2)27-14-24-18-11-23-17(10-19(18)27)9-16-3-5-22-20(25-16)26-6-8-29-21(12-26)4-7-28-13-21/h3,5,10-11,14-15H,4,6-9,12-13H2,1-2H3. The van der Waals surface area contributed by atoms with Crippen LogP contribution >= 0.6 is 0 Å². The summed E-state index contributed by atoms with van der Waals surface area (Å²) in [7, 11) is 0. The van der Waals surface area contributed by atoms with Gasteiger partial charge in [-0.15, -0.1) is 0 Å². The molecule has 0 N–H and O–H groups in total. The summed E-state index contributed by atoms with van der Waals surface area (Å²) in [6.45, 7) is 7.96. The molecule has 0 saturated carbocycles. The van der Waals surface area contributed by atoms with Crippen molar-refractivity contribution >= 4 is 17.0 Å². The number of rotatable bonds is 4. The molecule has 1 atom stereocenters. The van der Waals surface area contributed by atoms with Gasteiger partial charge in [-0.1, -0.05) is 0 Å². The SMILES string of the molecule is CC(C)n1cnc2cnc(Cc3ccnc(N4CCOC5(CCOC5)C4)n3)cc21. The van der Waals surface area contributed by atoms with Gasteiger partial charge < -0.3 is 18.9 Å². The lowest BCUT2D eigenvalue weighted by Crippen LogP contribution is -2.53. The number of hydrogen-bond donors (Lipinski definition) is 0. The first-order valence-corrected chi connectivity index (χ1v) is 10.2. The van der Waals surface area contributed by atoms with Crippen molar-refractivity contribution in [2.75, 3.05) is 37.8 Å². The average molecular weight is 394 g/mol. The summed E-state index contributed by atoms with van der Waals surface area (Å²) in [5.74, 6) is 0.755. The van der Waals surface area contributed by atoms with E-state index in [0.29, 0.717) is 25.7 Å². The molecule has 2 saturated heterocycles. The second-order valence-corrected chi connectivity index (χ2v) is 8.19. The van der Waals surface area contributed by atoms with Gasteiger partial charge in [-0.3, -0.25) is 4.98 Å². The Bertz CT molecular complexity index is 1010. The maximum absolute atomic E-state index is 6.03. The predicted octanol–water partition coefficient (Wildman–Crippen LogP) is 2.39. The molecule has 1 spiro atoms. The van der Waals surface area contributed by atoms with Gasteiger partial charge in [0.2, 0.25) is 5.95 Å². The summed E-state index contributed by atoms with van der Waals surface area (Å²) < 4.78 is 13.8. The fraction of sp³-hybridized carbons (Fsp3) is 0.524. The highest BCUT2D eigenvalue weighted by Crippen LogP contribution is 2.29. The van der Waals surface area contributed by atoms with Crippen molar-refractivity contribution < 1.29 is 9.47 Å². The molecule has 1 unspecified atom stereocenters. The van der Waals surface area contributed by atoms with Gasteiger partial charge in [-0.2, -0.15) is 0 Å². The quantitative estimate of drug-likeness (QED) is 0.672. The number of aromatic nitrogens is 5. The third-order valence-electron chi connectivity index (χ3n) is 5.74.